The summed E-state index contributed by atoms with van der Waals surface area (Å²) in [6.45, 7) is 0. The third-order valence-corrected chi connectivity index (χ3v) is 3.35. The van der Waals surface area contributed by atoms with Gasteiger partial charge in [0.05, 0.1) is 6.04 Å². The summed E-state index contributed by atoms with van der Waals surface area (Å²) in [5.74, 6) is -2.31. The van der Waals surface area contributed by atoms with Crippen molar-refractivity contribution in [2.24, 2.45) is 0 Å². The molecule has 0 saturated heterocycles. The SMILES string of the molecule is Nc1c(C(F)(F)F)c(C(=O)O)nn1C1CCCCC1. The molecule has 3 N–H and O–H groups in total. The van der Waals surface area contributed by atoms with Crippen LogP contribution in [0.2, 0.25) is 0 Å². The van der Waals surface area contributed by atoms with E-state index in [1.54, 1.807) is 0 Å². The maximum atomic E-state index is 12.9. The summed E-state index contributed by atoms with van der Waals surface area (Å²) in [5.41, 5.74) is 3.12. The first-order valence-corrected chi connectivity index (χ1v) is 6.01. The number of halogens is 3. The van der Waals surface area contributed by atoms with Gasteiger partial charge in [-0.3, -0.25) is 0 Å². The normalized spacial score (nSPS) is 17.6. The second-order valence-corrected chi connectivity index (χ2v) is 4.65. The standard InChI is InChI=1S/C11H14F3N3O2/c12-11(13,14)7-8(10(18)19)16-17(9(7)15)6-4-2-1-3-5-6/h6H,1-5,15H2,(H,18,19). The van der Waals surface area contributed by atoms with E-state index < -0.39 is 29.2 Å². The fourth-order valence-electron chi connectivity index (χ4n) is 2.48. The summed E-state index contributed by atoms with van der Waals surface area (Å²) in [6.07, 6.45) is -0.688. The first-order valence-electron chi connectivity index (χ1n) is 6.01. The Bertz CT molecular complexity index is 490. The van der Waals surface area contributed by atoms with Gasteiger partial charge in [0.2, 0.25) is 0 Å². The highest BCUT2D eigenvalue weighted by atomic mass is 19.4. The number of anilines is 1. The van der Waals surface area contributed by atoms with Gasteiger partial charge in [0.15, 0.2) is 5.69 Å². The molecule has 106 valence electrons. The van der Waals surface area contributed by atoms with Crippen LogP contribution >= 0.6 is 0 Å². The van der Waals surface area contributed by atoms with E-state index in [0.717, 1.165) is 23.9 Å². The number of nitrogen functional groups attached to an aromatic ring is 1. The van der Waals surface area contributed by atoms with Gasteiger partial charge in [0.1, 0.15) is 11.4 Å². The molecule has 1 aliphatic rings. The van der Waals surface area contributed by atoms with E-state index in [-0.39, 0.29) is 6.04 Å². The third-order valence-electron chi connectivity index (χ3n) is 3.35. The van der Waals surface area contributed by atoms with Gasteiger partial charge in [-0.15, -0.1) is 0 Å². The van der Waals surface area contributed by atoms with E-state index in [0.29, 0.717) is 12.8 Å². The molecule has 2 rings (SSSR count). The van der Waals surface area contributed by atoms with Crippen molar-refractivity contribution in [1.29, 1.82) is 0 Å². The van der Waals surface area contributed by atoms with E-state index in [4.69, 9.17) is 10.8 Å². The number of carboxylic acids is 1. The highest BCUT2D eigenvalue weighted by Gasteiger charge is 2.42. The number of hydrogen-bond acceptors (Lipinski definition) is 3. The number of hydrogen-bond donors (Lipinski definition) is 2. The minimum atomic E-state index is -4.81. The Balaban J connectivity index is 2.49. The molecule has 0 unspecified atom stereocenters. The second-order valence-electron chi connectivity index (χ2n) is 4.65. The predicted octanol–water partition coefficient (Wildman–Crippen LogP) is 2.69. The Labute approximate surface area is 107 Å². The van der Waals surface area contributed by atoms with Crippen LogP contribution in [-0.4, -0.2) is 20.9 Å². The summed E-state index contributed by atoms with van der Waals surface area (Å²) in [6, 6.07) is -0.247. The van der Waals surface area contributed by atoms with Crippen LogP contribution in [0, 0.1) is 0 Å². The highest BCUT2D eigenvalue weighted by molar-refractivity contribution is 5.89. The Morgan fingerprint density at radius 1 is 1.32 bits per heavy atom. The van der Waals surface area contributed by atoms with E-state index in [2.05, 4.69) is 5.10 Å². The van der Waals surface area contributed by atoms with Gasteiger partial charge in [-0.1, -0.05) is 19.3 Å². The van der Waals surface area contributed by atoms with Crippen LogP contribution < -0.4 is 5.73 Å². The summed E-state index contributed by atoms with van der Waals surface area (Å²) in [7, 11) is 0. The third kappa shape index (κ3) is 2.52. The lowest BCUT2D eigenvalue weighted by atomic mass is 9.95. The van der Waals surface area contributed by atoms with Crippen molar-refractivity contribution in [3.05, 3.63) is 11.3 Å². The number of aromatic nitrogens is 2. The van der Waals surface area contributed by atoms with Gasteiger partial charge in [-0.25, -0.2) is 9.48 Å². The minimum absolute atomic E-state index is 0.247. The molecular weight excluding hydrogens is 263 g/mol. The van der Waals surface area contributed by atoms with Crippen molar-refractivity contribution in [3.63, 3.8) is 0 Å². The first kappa shape index (κ1) is 13.7. The number of rotatable bonds is 2. The molecule has 1 aromatic heterocycles. The van der Waals surface area contributed by atoms with Crippen molar-refractivity contribution in [2.75, 3.05) is 5.73 Å². The van der Waals surface area contributed by atoms with E-state index in [9.17, 15) is 18.0 Å². The molecule has 0 spiro atoms. The Morgan fingerprint density at radius 3 is 2.32 bits per heavy atom. The maximum Gasteiger partial charge on any atom is 0.422 e. The fourth-order valence-corrected chi connectivity index (χ4v) is 2.48. The largest absolute Gasteiger partial charge is 0.476 e. The van der Waals surface area contributed by atoms with Gasteiger partial charge >= 0.3 is 12.1 Å². The van der Waals surface area contributed by atoms with Crippen LogP contribution in [0.25, 0.3) is 0 Å². The molecule has 1 heterocycles. The smallest absolute Gasteiger partial charge is 0.422 e. The monoisotopic (exact) mass is 277 g/mol. The van der Waals surface area contributed by atoms with Crippen molar-refractivity contribution in [2.45, 2.75) is 44.3 Å². The molecular formula is C11H14F3N3O2. The number of carboxylic acid groups (broad SMARTS) is 1. The number of carbonyl (C=O) groups is 1. The lowest BCUT2D eigenvalue weighted by Gasteiger charge is -2.23. The molecule has 1 aliphatic carbocycles. The predicted molar refractivity (Wildman–Crippen MR) is 60.7 cm³/mol. The van der Waals surface area contributed by atoms with E-state index >= 15 is 0 Å². The number of aromatic carboxylic acids is 1. The Kier molecular flexibility index (Phi) is 3.42. The molecule has 0 amide bonds. The van der Waals surface area contributed by atoms with Gasteiger partial charge in [-0.05, 0) is 12.8 Å². The molecule has 1 aromatic rings. The number of nitrogens with two attached hydrogens (primary N) is 1. The quantitative estimate of drug-likeness (QED) is 0.870. The summed E-state index contributed by atoms with van der Waals surface area (Å²) >= 11 is 0. The fraction of sp³-hybridized carbons (Fsp3) is 0.636. The van der Waals surface area contributed by atoms with Crippen LogP contribution in [0.15, 0.2) is 0 Å². The zero-order chi connectivity index (χ0) is 14.2. The lowest BCUT2D eigenvalue weighted by Crippen LogP contribution is -2.17. The zero-order valence-corrected chi connectivity index (χ0v) is 10.1. The summed E-state index contributed by atoms with van der Waals surface area (Å²) < 4.78 is 39.6. The van der Waals surface area contributed by atoms with Crippen molar-refractivity contribution in [3.8, 4) is 0 Å². The van der Waals surface area contributed by atoms with Crippen LogP contribution in [0.5, 0.6) is 0 Å². The highest BCUT2D eigenvalue weighted by Crippen LogP contribution is 2.39. The second kappa shape index (κ2) is 4.75. The molecule has 19 heavy (non-hydrogen) atoms. The maximum absolute atomic E-state index is 12.9. The van der Waals surface area contributed by atoms with E-state index in [1.165, 1.54) is 0 Å². The topological polar surface area (TPSA) is 81.1 Å². The van der Waals surface area contributed by atoms with E-state index in [1.807, 2.05) is 0 Å². The van der Waals surface area contributed by atoms with Crippen molar-refractivity contribution < 1.29 is 23.1 Å². The molecule has 5 nitrogen and oxygen atoms in total. The van der Waals surface area contributed by atoms with Crippen LogP contribution in [-0.2, 0) is 6.18 Å². The zero-order valence-electron chi connectivity index (χ0n) is 10.1. The van der Waals surface area contributed by atoms with Gasteiger partial charge < -0.3 is 10.8 Å². The lowest BCUT2D eigenvalue weighted by molar-refractivity contribution is -0.137. The van der Waals surface area contributed by atoms with Crippen LogP contribution in [0.4, 0.5) is 19.0 Å². The molecule has 0 aromatic carbocycles. The van der Waals surface area contributed by atoms with Crippen LogP contribution in [0.1, 0.15) is 54.2 Å². The average Bonchev–Trinajstić information content (AvgIpc) is 2.68. The molecule has 0 bridgehead atoms. The Hall–Kier alpha value is -1.73. The molecule has 0 atom stereocenters. The molecule has 0 aliphatic heterocycles. The molecule has 0 radical (unpaired) electrons. The summed E-state index contributed by atoms with van der Waals surface area (Å²) in [4.78, 5) is 10.9. The van der Waals surface area contributed by atoms with Gasteiger partial charge in [0, 0.05) is 0 Å². The Morgan fingerprint density at radius 2 is 1.89 bits per heavy atom. The van der Waals surface area contributed by atoms with Crippen LogP contribution in [0.3, 0.4) is 0 Å². The summed E-state index contributed by atoms with van der Waals surface area (Å²) in [5, 5.41) is 12.4. The minimum Gasteiger partial charge on any atom is -0.476 e. The number of nitrogens with zero attached hydrogens (tertiary/aromatic N) is 2. The van der Waals surface area contributed by atoms with Crippen molar-refractivity contribution in [1.82, 2.24) is 9.78 Å². The molecule has 1 fully saturated rings. The average molecular weight is 277 g/mol. The molecule has 1 saturated carbocycles. The van der Waals surface area contributed by atoms with Gasteiger partial charge in [0.25, 0.3) is 0 Å². The first-order chi connectivity index (χ1) is 8.82. The number of alkyl halides is 3. The van der Waals surface area contributed by atoms with Gasteiger partial charge in [-0.2, -0.15) is 18.3 Å². The molecule has 8 heteroatoms. The van der Waals surface area contributed by atoms with Crippen molar-refractivity contribution >= 4 is 11.8 Å².